The van der Waals surface area contributed by atoms with Gasteiger partial charge in [-0.2, -0.15) is 4.98 Å². The van der Waals surface area contributed by atoms with Crippen LogP contribution in [0, 0.1) is 6.92 Å². The van der Waals surface area contributed by atoms with Gasteiger partial charge in [-0.3, -0.25) is 0 Å². The molecule has 0 aromatic carbocycles. The van der Waals surface area contributed by atoms with Crippen LogP contribution >= 0.6 is 11.3 Å². The fourth-order valence-electron chi connectivity index (χ4n) is 2.75. The largest absolute Gasteiger partial charge is 0.339 e. The van der Waals surface area contributed by atoms with Crippen LogP contribution in [0.1, 0.15) is 48.1 Å². The summed E-state index contributed by atoms with van der Waals surface area (Å²) in [4.78, 5) is 8.97. The third-order valence-electron chi connectivity index (χ3n) is 3.88. The molecule has 0 atom stereocenters. The van der Waals surface area contributed by atoms with Crippen LogP contribution in [0.5, 0.6) is 0 Å². The van der Waals surface area contributed by atoms with Crippen LogP contribution in [0.2, 0.25) is 0 Å². The Hall–Kier alpha value is -1.27. The molecule has 0 radical (unpaired) electrons. The number of aromatic nitrogens is 3. The van der Waals surface area contributed by atoms with E-state index in [-0.39, 0.29) is 5.41 Å². The van der Waals surface area contributed by atoms with Crippen molar-refractivity contribution in [2.24, 2.45) is 5.73 Å². The van der Waals surface area contributed by atoms with E-state index < -0.39 is 0 Å². The predicted octanol–water partition coefficient (Wildman–Crippen LogP) is 2.20. The highest BCUT2D eigenvalue weighted by molar-refractivity contribution is 7.09. The minimum absolute atomic E-state index is 0.0801. The molecule has 0 aliphatic heterocycles. The summed E-state index contributed by atoms with van der Waals surface area (Å²) in [5.74, 6) is 1.43. The quantitative estimate of drug-likeness (QED) is 0.927. The van der Waals surface area contributed by atoms with Crippen molar-refractivity contribution in [2.75, 3.05) is 6.54 Å². The van der Waals surface area contributed by atoms with Gasteiger partial charge in [-0.25, -0.2) is 4.98 Å². The molecular weight excluding hydrogens is 260 g/mol. The van der Waals surface area contributed by atoms with Gasteiger partial charge >= 0.3 is 0 Å². The summed E-state index contributed by atoms with van der Waals surface area (Å²) in [7, 11) is 0. The Labute approximate surface area is 116 Å². The van der Waals surface area contributed by atoms with Gasteiger partial charge in [-0.1, -0.05) is 18.0 Å². The van der Waals surface area contributed by atoms with E-state index in [4.69, 9.17) is 10.3 Å². The van der Waals surface area contributed by atoms with Crippen molar-refractivity contribution < 1.29 is 4.52 Å². The zero-order valence-corrected chi connectivity index (χ0v) is 11.9. The lowest BCUT2D eigenvalue weighted by Gasteiger charge is -2.21. The number of nitrogens with two attached hydrogens (primary N) is 1. The lowest BCUT2D eigenvalue weighted by Crippen LogP contribution is -2.32. The van der Waals surface area contributed by atoms with Gasteiger partial charge in [0, 0.05) is 11.9 Å². The van der Waals surface area contributed by atoms with Gasteiger partial charge in [0.1, 0.15) is 0 Å². The minimum atomic E-state index is -0.0801. The fourth-order valence-corrected chi connectivity index (χ4v) is 3.36. The Bertz CT molecular complexity index is 556. The first-order valence-corrected chi connectivity index (χ1v) is 7.54. The molecule has 6 heteroatoms. The maximum Gasteiger partial charge on any atom is 0.234 e. The van der Waals surface area contributed by atoms with Gasteiger partial charge in [0.15, 0.2) is 5.82 Å². The summed E-state index contributed by atoms with van der Waals surface area (Å²) in [6.45, 7) is 2.59. The standard InChI is InChI=1S/C13H18N4OS/c1-9-15-10(7-19-9)6-11-16-12(18-17-11)13(8-14)4-2-3-5-13/h7H,2-6,8,14H2,1H3. The van der Waals surface area contributed by atoms with Gasteiger partial charge < -0.3 is 10.3 Å². The van der Waals surface area contributed by atoms with Crippen LogP contribution in [0.25, 0.3) is 0 Å². The van der Waals surface area contributed by atoms with E-state index in [1.54, 1.807) is 11.3 Å². The van der Waals surface area contributed by atoms with Crippen LogP contribution in [0.4, 0.5) is 0 Å². The minimum Gasteiger partial charge on any atom is -0.339 e. The van der Waals surface area contributed by atoms with Crippen molar-refractivity contribution >= 4 is 11.3 Å². The van der Waals surface area contributed by atoms with Crippen molar-refractivity contribution in [3.63, 3.8) is 0 Å². The summed E-state index contributed by atoms with van der Waals surface area (Å²) < 4.78 is 5.46. The van der Waals surface area contributed by atoms with E-state index in [1.165, 1.54) is 12.8 Å². The lowest BCUT2D eigenvalue weighted by atomic mass is 9.86. The van der Waals surface area contributed by atoms with E-state index in [1.807, 2.05) is 12.3 Å². The zero-order valence-electron chi connectivity index (χ0n) is 11.1. The summed E-state index contributed by atoms with van der Waals surface area (Å²) in [6.07, 6.45) is 5.14. The molecule has 2 aromatic rings. The summed E-state index contributed by atoms with van der Waals surface area (Å²) in [5.41, 5.74) is 6.85. The number of thiazole rings is 1. The van der Waals surface area contributed by atoms with E-state index in [2.05, 4.69) is 15.1 Å². The first-order valence-electron chi connectivity index (χ1n) is 6.66. The van der Waals surface area contributed by atoms with Gasteiger partial charge in [-0.15, -0.1) is 11.3 Å². The smallest absolute Gasteiger partial charge is 0.234 e. The van der Waals surface area contributed by atoms with Crippen LogP contribution in [-0.2, 0) is 11.8 Å². The van der Waals surface area contributed by atoms with Gasteiger partial charge in [0.25, 0.3) is 0 Å². The molecule has 1 aliphatic rings. The fraction of sp³-hybridized carbons (Fsp3) is 0.615. The van der Waals surface area contributed by atoms with Crippen molar-refractivity contribution in [1.29, 1.82) is 0 Å². The molecule has 3 rings (SSSR count). The number of hydrogen-bond acceptors (Lipinski definition) is 6. The Kier molecular flexibility index (Phi) is 3.36. The zero-order chi connectivity index (χ0) is 13.3. The van der Waals surface area contributed by atoms with Gasteiger partial charge in [0.2, 0.25) is 5.89 Å². The van der Waals surface area contributed by atoms with Crippen LogP contribution in [-0.4, -0.2) is 21.7 Å². The molecule has 0 bridgehead atoms. The average Bonchev–Trinajstić information content (AvgIpc) is 3.11. The van der Waals surface area contributed by atoms with E-state index in [0.717, 1.165) is 29.4 Å². The highest BCUT2D eigenvalue weighted by Gasteiger charge is 2.39. The molecule has 0 amide bonds. The maximum atomic E-state index is 5.93. The second kappa shape index (κ2) is 5.02. The third-order valence-corrected chi connectivity index (χ3v) is 4.70. The van der Waals surface area contributed by atoms with Crippen LogP contribution < -0.4 is 5.73 Å². The van der Waals surface area contributed by atoms with Gasteiger partial charge in [-0.05, 0) is 19.8 Å². The molecule has 1 saturated carbocycles. The molecule has 1 fully saturated rings. The second-order valence-electron chi connectivity index (χ2n) is 5.24. The average molecular weight is 278 g/mol. The lowest BCUT2D eigenvalue weighted by molar-refractivity contribution is 0.283. The number of nitrogens with zero attached hydrogens (tertiary/aromatic N) is 3. The monoisotopic (exact) mass is 278 g/mol. The number of hydrogen-bond donors (Lipinski definition) is 1. The number of aryl methyl sites for hydroxylation is 1. The van der Waals surface area contributed by atoms with Crippen molar-refractivity contribution in [3.05, 3.63) is 27.8 Å². The number of rotatable bonds is 4. The predicted molar refractivity (Wildman–Crippen MR) is 73.2 cm³/mol. The molecule has 1 aliphatic carbocycles. The molecule has 102 valence electrons. The highest BCUT2D eigenvalue weighted by atomic mass is 32.1. The van der Waals surface area contributed by atoms with Crippen molar-refractivity contribution in [1.82, 2.24) is 15.1 Å². The molecule has 2 aromatic heterocycles. The third kappa shape index (κ3) is 2.42. The molecule has 0 saturated heterocycles. The Morgan fingerprint density at radius 1 is 1.37 bits per heavy atom. The molecule has 0 unspecified atom stereocenters. The topological polar surface area (TPSA) is 77.8 Å². The SMILES string of the molecule is Cc1nc(Cc2noc(C3(CN)CCCC3)n2)cs1. The summed E-state index contributed by atoms with van der Waals surface area (Å²) in [6, 6.07) is 0. The molecular formula is C13H18N4OS. The van der Waals surface area contributed by atoms with E-state index >= 15 is 0 Å². The van der Waals surface area contributed by atoms with Gasteiger partial charge in [0.05, 0.1) is 22.5 Å². The Morgan fingerprint density at radius 3 is 2.79 bits per heavy atom. The first kappa shape index (κ1) is 12.7. The van der Waals surface area contributed by atoms with Crippen molar-refractivity contribution in [2.45, 2.75) is 44.4 Å². The molecule has 5 nitrogen and oxygen atoms in total. The highest BCUT2D eigenvalue weighted by Crippen LogP contribution is 2.39. The molecule has 19 heavy (non-hydrogen) atoms. The Balaban J connectivity index is 1.79. The molecule has 2 N–H and O–H groups in total. The molecule has 2 heterocycles. The van der Waals surface area contributed by atoms with Crippen molar-refractivity contribution in [3.8, 4) is 0 Å². The van der Waals surface area contributed by atoms with E-state index in [0.29, 0.717) is 18.8 Å². The maximum absolute atomic E-state index is 5.93. The first-order chi connectivity index (χ1) is 9.22. The van der Waals surface area contributed by atoms with Crippen LogP contribution in [0.3, 0.4) is 0 Å². The summed E-state index contributed by atoms with van der Waals surface area (Å²) >= 11 is 1.64. The normalized spacial score (nSPS) is 18.0. The van der Waals surface area contributed by atoms with Crippen LogP contribution in [0.15, 0.2) is 9.90 Å². The second-order valence-corrected chi connectivity index (χ2v) is 6.30. The Morgan fingerprint density at radius 2 is 2.16 bits per heavy atom. The molecule has 0 spiro atoms. The van der Waals surface area contributed by atoms with E-state index in [9.17, 15) is 0 Å². The summed E-state index contributed by atoms with van der Waals surface area (Å²) in [5, 5.41) is 7.19.